The van der Waals surface area contributed by atoms with Crippen LogP contribution in [0.1, 0.15) is 29.2 Å². The first-order chi connectivity index (χ1) is 11.1. The second-order valence-corrected chi connectivity index (χ2v) is 5.80. The van der Waals surface area contributed by atoms with Crippen LogP contribution in [-0.2, 0) is 6.54 Å². The molecule has 23 heavy (non-hydrogen) atoms. The van der Waals surface area contributed by atoms with Crippen LogP contribution in [0, 0.1) is 23.0 Å². The maximum Gasteiger partial charge on any atom is 0.124 e. The highest BCUT2D eigenvalue weighted by atomic mass is 19.1. The van der Waals surface area contributed by atoms with Crippen molar-refractivity contribution in [1.29, 1.82) is 5.26 Å². The van der Waals surface area contributed by atoms with Gasteiger partial charge in [-0.25, -0.2) is 8.78 Å². The van der Waals surface area contributed by atoms with Gasteiger partial charge in [-0.2, -0.15) is 5.26 Å². The maximum atomic E-state index is 13.5. The topological polar surface area (TPSA) is 47.3 Å². The fourth-order valence-electron chi connectivity index (χ4n) is 3.12. The number of likely N-dealkylation sites (tertiary alicyclic amines) is 1. The van der Waals surface area contributed by atoms with E-state index in [0.29, 0.717) is 25.1 Å². The zero-order valence-electron chi connectivity index (χ0n) is 12.4. The van der Waals surface area contributed by atoms with E-state index in [1.54, 1.807) is 12.1 Å². The van der Waals surface area contributed by atoms with Crippen molar-refractivity contribution in [2.75, 3.05) is 6.54 Å². The first-order valence-corrected chi connectivity index (χ1v) is 7.43. The Morgan fingerprint density at radius 3 is 2.70 bits per heavy atom. The summed E-state index contributed by atoms with van der Waals surface area (Å²) in [6.45, 7) is 0.838. The highest BCUT2D eigenvalue weighted by Gasteiger charge is 2.32. The van der Waals surface area contributed by atoms with Gasteiger partial charge in [-0.1, -0.05) is 18.2 Å². The first kappa shape index (κ1) is 15.6. The zero-order valence-corrected chi connectivity index (χ0v) is 12.4. The van der Waals surface area contributed by atoms with Gasteiger partial charge in [-0.3, -0.25) is 4.90 Å². The Kier molecular flexibility index (Phi) is 4.37. The molecule has 2 atom stereocenters. The molecule has 118 valence electrons. The summed E-state index contributed by atoms with van der Waals surface area (Å²) in [6, 6.07) is 12.3. The summed E-state index contributed by atoms with van der Waals surface area (Å²) in [4.78, 5) is 1.99. The summed E-state index contributed by atoms with van der Waals surface area (Å²) >= 11 is 0. The maximum absolute atomic E-state index is 13.5. The van der Waals surface area contributed by atoms with Crippen molar-refractivity contribution in [3.8, 4) is 6.07 Å². The fraction of sp³-hybridized carbons (Fsp3) is 0.278. The zero-order chi connectivity index (χ0) is 16.4. The standard InChI is InChI=1S/C18H16F2N2O/c19-15-3-1-2-12(6-15)18-8-17(23)11-22(18)10-13-4-5-16(20)7-14(13)9-21/h1-7,17-18,23H,8,10-11H2/t17-,18+/m0/s1. The Balaban J connectivity index is 1.88. The number of nitriles is 1. The summed E-state index contributed by atoms with van der Waals surface area (Å²) in [5, 5.41) is 19.1. The summed E-state index contributed by atoms with van der Waals surface area (Å²) in [7, 11) is 0. The average Bonchev–Trinajstić information content (AvgIpc) is 2.89. The molecule has 0 spiro atoms. The molecule has 1 fully saturated rings. The molecule has 0 saturated carbocycles. The molecule has 5 heteroatoms. The minimum absolute atomic E-state index is 0.128. The largest absolute Gasteiger partial charge is 0.392 e. The van der Waals surface area contributed by atoms with Crippen LogP contribution in [0.5, 0.6) is 0 Å². The smallest absolute Gasteiger partial charge is 0.124 e. The number of aliphatic hydroxyl groups excluding tert-OH is 1. The van der Waals surface area contributed by atoms with Crippen LogP contribution >= 0.6 is 0 Å². The van der Waals surface area contributed by atoms with Crippen LogP contribution in [0.3, 0.4) is 0 Å². The lowest BCUT2D eigenvalue weighted by molar-refractivity contribution is 0.172. The number of hydrogen-bond acceptors (Lipinski definition) is 3. The normalized spacial score (nSPS) is 21.3. The molecular weight excluding hydrogens is 298 g/mol. The van der Waals surface area contributed by atoms with Crippen molar-refractivity contribution < 1.29 is 13.9 Å². The quantitative estimate of drug-likeness (QED) is 0.947. The summed E-state index contributed by atoms with van der Waals surface area (Å²) < 4.78 is 26.7. The van der Waals surface area contributed by atoms with Crippen LogP contribution in [0.15, 0.2) is 42.5 Å². The van der Waals surface area contributed by atoms with E-state index in [4.69, 9.17) is 5.26 Å². The van der Waals surface area contributed by atoms with Crippen molar-refractivity contribution in [3.05, 3.63) is 70.8 Å². The SMILES string of the molecule is N#Cc1cc(F)ccc1CN1C[C@@H](O)C[C@@H]1c1cccc(F)c1. The number of aliphatic hydroxyl groups is 1. The number of halogens is 2. The highest BCUT2D eigenvalue weighted by molar-refractivity contribution is 5.38. The second-order valence-electron chi connectivity index (χ2n) is 5.80. The predicted molar refractivity (Wildman–Crippen MR) is 81.3 cm³/mol. The molecule has 0 aromatic heterocycles. The number of β-amino-alcohol motifs (C(OH)–C–C–N with tert-alkyl or cyclic N) is 1. The molecule has 3 nitrogen and oxygen atoms in total. The van der Waals surface area contributed by atoms with Crippen molar-refractivity contribution in [2.45, 2.75) is 25.1 Å². The van der Waals surface area contributed by atoms with Gasteiger partial charge >= 0.3 is 0 Å². The van der Waals surface area contributed by atoms with Crippen LogP contribution in [0.25, 0.3) is 0 Å². The molecule has 0 amide bonds. The Morgan fingerprint density at radius 1 is 1.17 bits per heavy atom. The van der Waals surface area contributed by atoms with Crippen molar-refractivity contribution in [3.63, 3.8) is 0 Å². The second kappa shape index (κ2) is 6.45. The van der Waals surface area contributed by atoms with Gasteiger partial charge in [-0.15, -0.1) is 0 Å². The number of benzene rings is 2. The third kappa shape index (κ3) is 3.39. The minimum Gasteiger partial charge on any atom is -0.392 e. The van der Waals surface area contributed by atoms with Crippen LogP contribution in [0.2, 0.25) is 0 Å². The lowest BCUT2D eigenvalue weighted by Crippen LogP contribution is -2.24. The lowest BCUT2D eigenvalue weighted by atomic mass is 10.0. The molecule has 1 N–H and O–H groups in total. The summed E-state index contributed by atoms with van der Waals surface area (Å²) in [5.74, 6) is -0.767. The molecule has 2 aromatic carbocycles. The summed E-state index contributed by atoms with van der Waals surface area (Å²) in [5.41, 5.74) is 1.77. The van der Waals surface area contributed by atoms with Crippen LogP contribution in [0.4, 0.5) is 8.78 Å². The lowest BCUT2D eigenvalue weighted by Gasteiger charge is -2.25. The monoisotopic (exact) mass is 314 g/mol. The Hall–Kier alpha value is -2.29. The van der Waals surface area contributed by atoms with Gasteiger partial charge in [0.1, 0.15) is 11.6 Å². The highest BCUT2D eigenvalue weighted by Crippen LogP contribution is 2.34. The molecule has 1 aliphatic rings. The third-order valence-corrected chi connectivity index (χ3v) is 4.18. The summed E-state index contributed by atoms with van der Waals surface area (Å²) in [6.07, 6.45) is 0.00116. The number of nitrogens with zero attached hydrogens (tertiary/aromatic N) is 2. The molecule has 1 saturated heterocycles. The van der Waals surface area contributed by atoms with E-state index in [1.807, 2.05) is 17.0 Å². The Labute approximate surface area is 133 Å². The first-order valence-electron chi connectivity index (χ1n) is 7.43. The van der Waals surface area contributed by atoms with Gasteiger partial charge in [0, 0.05) is 19.1 Å². The molecule has 1 aliphatic heterocycles. The van der Waals surface area contributed by atoms with Crippen molar-refractivity contribution in [2.24, 2.45) is 0 Å². The predicted octanol–water partition coefficient (Wildman–Crippen LogP) is 3.14. The molecule has 0 unspecified atom stereocenters. The molecule has 2 aromatic rings. The van der Waals surface area contributed by atoms with Crippen LogP contribution in [-0.4, -0.2) is 22.7 Å². The Bertz CT molecular complexity index is 757. The molecule has 0 radical (unpaired) electrons. The average molecular weight is 314 g/mol. The minimum atomic E-state index is -0.505. The molecule has 3 rings (SSSR count). The van der Waals surface area contributed by atoms with E-state index in [2.05, 4.69) is 0 Å². The van der Waals surface area contributed by atoms with E-state index in [-0.39, 0.29) is 17.4 Å². The third-order valence-electron chi connectivity index (χ3n) is 4.18. The van der Waals surface area contributed by atoms with Gasteiger partial charge in [0.15, 0.2) is 0 Å². The Morgan fingerprint density at radius 2 is 1.96 bits per heavy atom. The van der Waals surface area contributed by atoms with Crippen molar-refractivity contribution in [1.82, 2.24) is 4.90 Å². The van der Waals surface area contributed by atoms with Crippen LogP contribution < -0.4 is 0 Å². The van der Waals surface area contributed by atoms with E-state index in [1.165, 1.54) is 24.3 Å². The van der Waals surface area contributed by atoms with E-state index in [9.17, 15) is 13.9 Å². The van der Waals surface area contributed by atoms with Gasteiger partial charge in [0.25, 0.3) is 0 Å². The molecule has 0 bridgehead atoms. The van der Waals surface area contributed by atoms with E-state index >= 15 is 0 Å². The molecular formula is C18H16F2N2O. The number of rotatable bonds is 3. The van der Waals surface area contributed by atoms with Gasteiger partial charge < -0.3 is 5.11 Å². The molecule has 1 heterocycles. The van der Waals surface area contributed by atoms with Crippen molar-refractivity contribution >= 4 is 0 Å². The van der Waals surface area contributed by atoms with E-state index < -0.39 is 11.9 Å². The van der Waals surface area contributed by atoms with Gasteiger partial charge in [-0.05, 0) is 41.8 Å². The van der Waals surface area contributed by atoms with Gasteiger partial charge in [0.2, 0.25) is 0 Å². The fourth-order valence-corrected chi connectivity index (χ4v) is 3.12. The van der Waals surface area contributed by atoms with Gasteiger partial charge in [0.05, 0.1) is 17.7 Å². The van der Waals surface area contributed by atoms with E-state index in [0.717, 1.165) is 5.56 Å². The molecule has 0 aliphatic carbocycles. The number of hydrogen-bond donors (Lipinski definition) is 1.